The number of rotatable bonds is 4. The molecule has 0 radical (unpaired) electrons. The molecule has 1 fully saturated rings. The fourth-order valence-corrected chi connectivity index (χ4v) is 2.65. The summed E-state index contributed by atoms with van der Waals surface area (Å²) in [6.07, 6.45) is 5.27. The molecule has 1 rings (SSSR count). The minimum Gasteiger partial charge on any atom is -0.370 e. The van der Waals surface area contributed by atoms with Gasteiger partial charge in [0, 0.05) is 12.1 Å². The lowest BCUT2D eigenvalue weighted by molar-refractivity contribution is 0.111. The van der Waals surface area contributed by atoms with E-state index in [0.717, 1.165) is 12.5 Å². The molecule has 1 aliphatic rings. The lowest BCUT2D eigenvalue weighted by Crippen LogP contribution is -2.46. The van der Waals surface area contributed by atoms with Crippen LogP contribution in [0, 0.1) is 11.3 Å². The van der Waals surface area contributed by atoms with E-state index in [1.807, 2.05) is 0 Å². The molecule has 18 heavy (non-hydrogen) atoms. The van der Waals surface area contributed by atoms with Crippen molar-refractivity contribution in [2.75, 3.05) is 6.54 Å². The van der Waals surface area contributed by atoms with E-state index in [2.05, 4.69) is 44.9 Å². The van der Waals surface area contributed by atoms with Crippen LogP contribution in [0.4, 0.5) is 0 Å². The SMILES string of the molecule is CC(C)CC1(CN=C(N)NC(C)(C)C)CCC1.I. The van der Waals surface area contributed by atoms with Gasteiger partial charge < -0.3 is 11.1 Å². The Morgan fingerprint density at radius 1 is 1.33 bits per heavy atom. The highest BCUT2D eigenvalue weighted by Crippen LogP contribution is 2.46. The van der Waals surface area contributed by atoms with Crippen LogP contribution in [0.5, 0.6) is 0 Å². The van der Waals surface area contributed by atoms with Crippen LogP contribution in [0.15, 0.2) is 4.99 Å². The third-order valence-electron chi connectivity index (χ3n) is 3.34. The molecule has 0 bridgehead atoms. The molecule has 0 aromatic carbocycles. The molecular weight excluding hydrogens is 337 g/mol. The van der Waals surface area contributed by atoms with Crippen molar-refractivity contribution in [2.24, 2.45) is 22.1 Å². The van der Waals surface area contributed by atoms with Gasteiger partial charge >= 0.3 is 0 Å². The molecule has 0 aromatic rings. The fraction of sp³-hybridized carbons (Fsp3) is 0.929. The van der Waals surface area contributed by atoms with Crippen molar-refractivity contribution in [1.82, 2.24) is 5.32 Å². The Bertz CT molecular complexity index is 275. The van der Waals surface area contributed by atoms with Crippen LogP contribution < -0.4 is 11.1 Å². The number of nitrogens with two attached hydrogens (primary N) is 1. The maximum Gasteiger partial charge on any atom is 0.189 e. The van der Waals surface area contributed by atoms with E-state index < -0.39 is 0 Å². The number of halogens is 1. The van der Waals surface area contributed by atoms with E-state index in [9.17, 15) is 0 Å². The minimum atomic E-state index is -0.00158. The summed E-state index contributed by atoms with van der Waals surface area (Å²) >= 11 is 0. The van der Waals surface area contributed by atoms with Crippen LogP contribution in [0.2, 0.25) is 0 Å². The van der Waals surface area contributed by atoms with Gasteiger partial charge in [-0.1, -0.05) is 20.3 Å². The highest BCUT2D eigenvalue weighted by molar-refractivity contribution is 14.0. The van der Waals surface area contributed by atoms with Crippen LogP contribution in [0.25, 0.3) is 0 Å². The minimum absolute atomic E-state index is 0. The zero-order valence-electron chi connectivity index (χ0n) is 12.5. The van der Waals surface area contributed by atoms with E-state index in [1.165, 1.54) is 25.7 Å². The van der Waals surface area contributed by atoms with Crippen LogP contribution in [0.3, 0.4) is 0 Å². The van der Waals surface area contributed by atoms with Gasteiger partial charge in [0.25, 0.3) is 0 Å². The Labute approximate surface area is 129 Å². The number of hydrogen-bond acceptors (Lipinski definition) is 1. The highest BCUT2D eigenvalue weighted by Gasteiger charge is 2.37. The van der Waals surface area contributed by atoms with Gasteiger partial charge in [-0.25, -0.2) is 0 Å². The molecule has 0 aliphatic heterocycles. The quantitative estimate of drug-likeness (QED) is 0.454. The molecule has 3 nitrogen and oxygen atoms in total. The van der Waals surface area contributed by atoms with Gasteiger partial charge in [-0.05, 0) is 51.4 Å². The first-order chi connectivity index (χ1) is 7.72. The molecular formula is C14H30IN3. The predicted octanol–water partition coefficient (Wildman–Crippen LogP) is 3.52. The summed E-state index contributed by atoms with van der Waals surface area (Å²) < 4.78 is 0. The summed E-state index contributed by atoms with van der Waals surface area (Å²) in [5, 5.41) is 3.22. The molecule has 4 heteroatoms. The van der Waals surface area contributed by atoms with Crippen molar-refractivity contribution in [3.63, 3.8) is 0 Å². The van der Waals surface area contributed by atoms with E-state index in [1.54, 1.807) is 0 Å². The van der Waals surface area contributed by atoms with Crippen molar-refractivity contribution < 1.29 is 0 Å². The molecule has 0 aromatic heterocycles. The van der Waals surface area contributed by atoms with Gasteiger partial charge in [0.2, 0.25) is 0 Å². The zero-order valence-corrected chi connectivity index (χ0v) is 14.9. The normalized spacial score (nSPS) is 19.1. The Hall–Kier alpha value is 0. The van der Waals surface area contributed by atoms with Gasteiger partial charge in [-0.3, -0.25) is 4.99 Å². The summed E-state index contributed by atoms with van der Waals surface area (Å²) in [7, 11) is 0. The summed E-state index contributed by atoms with van der Waals surface area (Å²) in [4.78, 5) is 4.54. The molecule has 1 saturated carbocycles. The first-order valence-electron chi connectivity index (χ1n) is 6.81. The second-order valence-corrected chi connectivity index (χ2v) is 7.03. The standard InChI is InChI=1S/C14H29N3.HI/c1-11(2)9-14(7-6-8-14)10-16-12(15)17-13(3,4)5;/h11H,6-10H2,1-5H3,(H3,15,16,17);1H. The van der Waals surface area contributed by atoms with Crippen molar-refractivity contribution in [2.45, 2.75) is 65.8 Å². The Morgan fingerprint density at radius 3 is 2.22 bits per heavy atom. The second-order valence-electron chi connectivity index (χ2n) is 7.03. The second kappa shape index (κ2) is 6.96. The van der Waals surface area contributed by atoms with Gasteiger partial charge in [0.05, 0.1) is 0 Å². The summed E-state index contributed by atoms with van der Waals surface area (Å²) in [6, 6.07) is 0. The average molecular weight is 367 g/mol. The van der Waals surface area contributed by atoms with E-state index in [-0.39, 0.29) is 29.5 Å². The van der Waals surface area contributed by atoms with Gasteiger partial charge in [-0.15, -0.1) is 24.0 Å². The Balaban J connectivity index is 0.00000289. The first-order valence-corrected chi connectivity index (χ1v) is 6.81. The van der Waals surface area contributed by atoms with Crippen LogP contribution in [-0.2, 0) is 0 Å². The van der Waals surface area contributed by atoms with Crippen molar-refractivity contribution >= 4 is 29.9 Å². The molecule has 0 spiro atoms. The van der Waals surface area contributed by atoms with Gasteiger partial charge in [0.1, 0.15) is 0 Å². The molecule has 0 amide bonds. The molecule has 0 saturated heterocycles. The van der Waals surface area contributed by atoms with E-state index >= 15 is 0 Å². The fourth-order valence-electron chi connectivity index (χ4n) is 2.65. The maximum absolute atomic E-state index is 5.92. The monoisotopic (exact) mass is 367 g/mol. The average Bonchev–Trinajstić information content (AvgIpc) is 2.05. The third-order valence-corrected chi connectivity index (χ3v) is 3.34. The highest BCUT2D eigenvalue weighted by atomic mass is 127. The Kier molecular flexibility index (Phi) is 6.96. The summed E-state index contributed by atoms with van der Waals surface area (Å²) in [6.45, 7) is 11.8. The Morgan fingerprint density at radius 2 is 1.89 bits per heavy atom. The first kappa shape index (κ1) is 18.0. The number of nitrogens with one attached hydrogen (secondary N) is 1. The smallest absolute Gasteiger partial charge is 0.189 e. The van der Waals surface area contributed by atoms with Gasteiger partial charge in [-0.2, -0.15) is 0 Å². The molecule has 1 aliphatic carbocycles. The number of aliphatic imine (C=N–C) groups is 1. The van der Waals surface area contributed by atoms with Crippen LogP contribution in [0.1, 0.15) is 60.3 Å². The summed E-state index contributed by atoms with van der Waals surface area (Å²) in [5.74, 6) is 1.34. The topological polar surface area (TPSA) is 50.4 Å². The lowest BCUT2D eigenvalue weighted by atomic mass is 9.64. The van der Waals surface area contributed by atoms with E-state index in [4.69, 9.17) is 5.73 Å². The largest absolute Gasteiger partial charge is 0.370 e. The summed E-state index contributed by atoms with van der Waals surface area (Å²) in [5.41, 5.74) is 6.36. The van der Waals surface area contributed by atoms with Crippen molar-refractivity contribution in [3.05, 3.63) is 0 Å². The number of guanidine groups is 1. The van der Waals surface area contributed by atoms with Gasteiger partial charge in [0.15, 0.2) is 5.96 Å². The lowest BCUT2D eigenvalue weighted by Gasteiger charge is -2.42. The molecule has 0 unspecified atom stereocenters. The molecule has 108 valence electrons. The van der Waals surface area contributed by atoms with Crippen molar-refractivity contribution in [1.29, 1.82) is 0 Å². The molecule has 0 heterocycles. The van der Waals surface area contributed by atoms with Crippen LogP contribution in [-0.4, -0.2) is 18.0 Å². The maximum atomic E-state index is 5.92. The van der Waals surface area contributed by atoms with Crippen LogP contribution >= 0.6 is 24.0 Å². The number of nitrogens with zero attached hydrogens (tertiary/aromatic N) is 1. The number of hydrogen-bond donors (Lipinski definition) is 2. The zero-order chi connectivity index (χ0) is 13.1. The molecule has 3 N–H and O–H groups in total. The van der Waals surface area contributed by atoms with E-state index in [0.29, 0.717) is 11.4 Å². The van der Waals surface area contributed by atoms with Crippen molar-refractivity contribution in [3.8, 4) is 0 Å². The molecule has 0 atom stereocenters. The third kappa shape index (κ3) is 6.25. The predicted molar refractivity (Wildman–Crippen MR) is 90.5 cm³/mol.